The van der Waals surface area contributed by atoms with Gasteiger partial charge in [-0.25, -0.2) is 0 Å². The number of ether oxygens (including phenoxy) is 1. The molecule has 0 atom stereocenters. The molecular formula is C13H12N2O2. The van der Waals surface area contributed by atoms with Gasteiger partial charge >= 0.3 is 0 Å². The van der Waals surface area contributed by atoms with Crippen LogP contribution in [-0.2, 0) is 0 Å². The summed E-state index contributed by atoms with van der Waals surface area (Å²) in [4.78, 5) is 0. The van der Waals surface area contributed by atoms with Gasteiger partial charge in [0.2, 0.25) is 0 Å². The lowest BCUT2D eigenvalue weighted by atomic mass is 10.1. The molecule has 0 amide bonds. The first-order valence-electron chi connectivity index (χ1n) is 5.33. The van der Waals surface area contributed by atoms with Crippen molar-refractivity contribution < 1.29 is 9.26 Å². The van der Waals surface area contributed by atoms with E-state index < -0.39 is 0 Å². The van der Waals surface area contributed by atoms with Crippen molar-refractivity contribution in [2.75, 3.05) is 0 Å². The van der Waals surface area contributed by atoms with Gasteiger partial charge in [-0.2, -0.15) is 5.26 Å². The second kappa shape index (κ2) is 4.71. The molecule has 1 aromatic carbocycles. The molecule has 1 heterocycles. The quantitative estimate of drug-likeness (QED) is 0.810. The molecule has 1 aromatic heterocycles. The molecule has 0 aliphatic carbocycles. The Hall–Kier alpha value is -2.28. The lowest BCUT2D eigenvalue weighted by Crippen LogP contribution is -2.05. The molecule has 0 fully saturated rings. The standard InChI is InChI=1S/C13H12N2O2/c1-9(2)16-12-5-3-10(4-6-12)13-7-11(8-14)15-17-13/h3-7,9H,1-2H3. The van der Waals surface area contributed by atoms with Crippen LogP contribution in [0, 0.1) is 11.3 Å². The van der Waals surface area contributed by atoms with Gasteiger partial charge in [0.15, 0.2) is 11.5 Å². The Bertz CT molecular complexity index is 535. The van der Waals surface area contributed by atoms with Crippen molar-refractivity contribution in [1.82, 2.24) is 5.16 Å². The van der Waals surface area contributed by atoms with Crippen LogP contribution >= 0.6 is 0 Å². The Balaban J connectivity index is 2.20. The van der Waals surface area contributed by atoms with Gasteiger partial charge in [-0.3, -0.25) is 0 Å². The average Bonchev–Trinajstić information content (AvgIpc) is 2.78. The molecular weight excluding hydrogens is 216 g/mol. The summed E-state index contributed by atoms with van der Waals surface area (Å²) in [5, 5.41) is 12.3. The average molecular weight is 228 g/mol. The number of benzene rings is 1. The van der Waals surface area contributed by atoms with Gasteiger partial charge < -0.3 is 9.26 Å². The van der Waals surface area contributed by atoms with E-state index in [0.717, 1.165) is 11.3 Å². The first-order valence-corrected chi connectivity index (χ1v) is 5.33. The highest BCUT2D eigenvalue weighted by molar-refractivity contribution is 5.59. The first kappa shape index (κ1) is 11.2. The highest BCUT2D eigenvalue weighted by Gasteiger charge is 2.06. The Morgan fingerprint density at radius 2 is 2.00 bits per heavy atom. The largest absolute Gasteiger partial charge is 0.491 e. The smallest absolute Gasteiger partial charge is 0.184 e. The Morgan fingerprint density at radius 1 is 1.29 bits per heavy atom. The normalized spacial score (nSPS) is 10.2. The van der Waals surface area contributed by atoms with Crippen LogP contribution in [0.15, 0.2) is 34.9 Å². The molecule has 0 aliphatic rings. The van der Waals surface area contributed by atoms with Crippen molar-refractivity contribution in [1.29, 1.82) is 5.26 Å². The summed E-state index contributed by atoms with van der Waals surface area (Å²) in [6.45, 7) is 3.95. The zero-order valence-corrected chi connectivity index (χ0v) is 9.68. The van der Waals surface area contributed by atoms with Crippen molar-refractivity contribution in [2.45, 2.75) is 20.0 Å². The van der Waals surface area contributed by atoms with Crippen LogP contribution in [0.3, 0.4) is 0 Å². The molecule has 0 spiro atoms. The number of rotatable bonds is 3. The molecule has 2 rings (SSSR count). The van der Waals surface area contributed by atoms with Gasteiger partial charge in [-0.15, -0.1) is 0 Å². The van der Waals surface area contributed by atoms with E-state index in [1.165, 1.54) is 0 Å². The monoisotopic (exact) mass is 228 g/mol. The van der Waals surface area contributed by atoms with E-state index in [1.54, 1.807) is 6.07 Å². The van der Waals surface area contributed by atoms with Crippen LogP contribution in [-0.4, -0.2) is 11.3 Å². The van der Waals surface area contributed by atoms with Crippen LogP contribution in [0.4, 0.5) is 0 Å². The molecule has 0 radical (unpaired) electrons. The number of nitrogens with zero attached hydrogens (tertiary/aromatic N) is 2. The van der Waals surface area contributed by atoms with Gasteiger partial charge in [0.05, 0.1) is 6.10 Å². The summed E-state index contributed by atoms with van der Waals surface area (Å²) < 4.78 is 10.6. The maximum atomic E-state index is 8.65. The van der Waals surface area contributed by atoms with Crippen LogP contribution in [0.1, 0.15) is 19.5 Å². The maximum absolute atomic E-state index is 8.65. The van der Waals surface area contributed by atoms with E-state index in [9.17, 15) is 0 Å². The minimum absolute atomic E-state index is 0.149. The fourth-order valence-electron chi connectivity index (χ4n) is 1.43. The molecule has 0 unspecified atom stereocenters. The molecule has 0 N–H and O–H groups in total. The summed E-state index contributed by atoms with van der Waals surface area (Å²) >= 11 is 0. The molecule has 86 valence electrons. The highest BCUT2D eigenvalue weighted by atomic mass is 16.5. The zero-order chi connectivity index (χ0) is 12.3. The van der Waals surface area contributed by atoms with Gasteiger partial charge in [0, 0.05) is 11.6 Å². The molecule has 0 saturated heterocycles. The van der Waals surface area contributed by atoms with Crippen molar-refractivity contribution in [3.63, 3.8) is 0 Å². The summed E-state index contributed by atoms with van der Waals surface area (Å²) in [5.74, 6) is 1.39. The van der Waals surface area contributed by atoms with Gasteiger partial charge in [-0.1, -0.05) is 5.16 Å². The van der Waals surface area contributed by atoms with Crippen molar-refractivity contribution in [3.05, 3.63) is 36.0 Å². The van der Waals surface area contributed by atoms with Crippen molar-refractivity contribution in [3.8, 4) is 23.1 Å². The number of nitriles is 1. The van der Waals surface area contributed by atoms with Crippen molar-refractivity contribution in [2.24, 2.45) is 0 Å². The van der Waals surface area contributed by atoms with E-state index in [-0.39, 0.29) is 11.8 Å². The molecule has 2 aromatic rings. The highest BCUT2D eigenvalue weighted by Crippen LogP contribution is 2.23. The minimum atomic E-state index is 0.149. The van der Waals surface area contributed by atoms with E-state index in [4.69, 9.17) is 14.5 Å². The van der Waals surface area contributed by atoms with Crippen LogP contribution in [0.25, 0.3) is 11.3 Å². The molecule has 0 saturated carbocycles. The zero-order valence-electron chi connectivity index (χ0n) is 9.68. The SMILES string of the molecule is CC(C)Oc1ccc(-c2cc(C#N)no2)cc1. The molecule has 0 bridgehead atoms. The minimum Gasteiger partial charge on any atom is -0.491 e. The third-order valence-corrected chi connectivity index (χ3v) is 2.14. The summed E-state index contributed by atoms with van der Waals surface area (Å²) in [6.07, 6.45) is 0.149. The van der Waals surface area contributed by atoms with Crippen LogP contribution in [0.2, 0.25) is 0 Å². The van der Waals surface area contributed by atoms with Gasteiger partial charge in [0.25, 0.3) is 0 Å². The number of aromatic nitrogens is 1. The fourth-order valence-corrected chi connectivity index (χ4v) is 1.43. The predicted molar refractivity (Wildman–Crippen MR) is 62.4 cm³/mol. The second-order valence-corrected chi connectivity index (χ2v) is 3.88. The Labute approximate surface area is 99.4 Å². The molecule has 17 heavy (non-hydrogen) atoms. The Kier molecular flexibility index (Phi) is 3.10. The summed E-state index contributed by atoms with van der Waals surface area (Å²) in [7, 11) is 0. The summed E-state index contributed by atoms with van der Waals surface area (Å²) in [5.41, 5.74) is 1.15. The van der Waals surface area contributed by atoms with Gasteiger partial charge in [-0.05, 0) is 38.1 Å². The third kappa shape index (κ3) is 2.64. The number of hydrogen-bond donors (Lipinski definition) is 0. The third-order valence-electron chi connectivity index (χ3n) is 2.14. The van der Waals surface area contributed by atoms with Gasteiger partial charge in [0.1, 0.15) is 11.8 Å². The lowest BCUT2D eigenvalue weighted by Gasteiger charge is -2.09. The lowest BCUT2D eigenvalue weighted by molar-refractivity contribution is 0.242. The summed E-state index contributed by atoms with van der Waals surface area (Å²) in [6, 6.07) is 11.0. The second-order valence-electron chi connectivity index (χ2n) is 3.88. The fraction of sp³-hybridized carbons (Fsp3) is 0.231. The van der Waals surface area contributed by atoms with E-state index in [2.05, 4.69) is 5.16 Å². The van der Waals surface area contributed by atoms with Crippen LogP contribution in [0.5, 0.6) is 5.75 Å². The predicted octanol–water partition coefficient (Wildman–Crippen LogP) is 3.00. The first-order chi connectivity index (χ1) is 8.19. The molecule has 4 nitrogen and oxygen atoms in total. The van der Waals surface area contributed by atoms with Crippen molar-refractivity contribution >= 4 is 0 Å². The molecule has 0 aliphatic heterocycles. The maximum Gasteiger partial charge on any atom is 0.184 e. The number of hydrogen-bond acceptors (Lipinski definition) is 4. The topological polar surface area (TPSA) is 59.0 Å². The Morgan fingerprint density at radius 3 is 2.53 bits per heavy atom. The van der Waals surface area contributed by atoms with Crippen LogP contribution < -0.4 is 4.74 Å². The molecule has 4 heteroatoms. The van der Waals surface area contributed by atoms with E-state index in [1.807, 2.05) is 44.2 Å². The van der Waals surface area contributed by atoms with E-state index in [0.29, 0.717) is 5.76 Å². The van der Waals surface area contributed by atoms with E-state index >= 15 is 0 Å².